The zero-order chi connectivity index (χ0) is 22.7. The Bertz CT molecular complexity index is 1020. The van der Waals surface area contributed by atoms with Crippen molar-refractivity contribution in [2.45, 2.75) is 44.7 Å². The number of para-hydroxylation sites is 1. The second-order valence-electron chi connectivity index (χ2n) is 8.47. The minimum Gasteiger partial charge on any atom is -0.497 e. The lowest BCUT2D eigenvalue weighted by Crippen LogP contribution is -2.62. The van der Waals surface area contributed by atoms with E-state index in [1.54, 1.807) is 23.0 Å². The molecule has 1 saturated heterocycles. The second kappa shape index (κ2) is 9.02. The summed E-state index contributed by atoms with van der Waals surface area (Å²) in [7, 11) is 1.63. The molecule has 2 heterocycles. The normalized spacial score (nSPS) is 19.6. The number of hydrogen-bond acceptors (Lipinski definition) is 4. The van der Waals surface area contributed by atoms with Crippen molar-refractivity contribution >= 4 is 23.4 Å². The Labute approximate surface area is 188 Å². The highest BCUT2D eigenvalue weighted by Crippen LogP contribution is 2.43. The standard InChI is InChI=1S/C25H29N3O4/c1-25-15-13-23(30)28(25)21-7-4-3-6-20(21)24(31)27(25)17-5-8-22(29)26-16-14-18-9-11-19(32-2)12-10-18/h3-4,6-7,9-12H,5,8,13-17H2,1-2H3,(H,26,29). The molecule has 0 bridgehead atoms. The van der Waals surface area contributed by atoms with Gasteiger partial charge in [0.15, 0.2) is 0 Å². The van der Waals surface area contributed by atoms with Crippen LogP contribution >= 0.6 is 0 Å². The molecule has 1 fully saturated rings. The molecule has 0 radical (unpaired) electrons. The Morgan fingerprint density at radius 3 is 2.62 bits per heavy atom. The maximum atomic E-state index is 13.2. The number of ether oxygens (including phenoxy) is 1. The number of rotatable bonds is 8. The Balaban J connectivity index is 1.31. The van der Waals surface area contributed by atoms with Gasteiger partial charge in [-0.25, -0.2) is 0 Å². The first-order valence-electron chi connectivity index (χ1n) is 11.1. The average Bonchev–Trinajstić information content (AvgIpc) is 3.11. The van der Waals surface area contributed by atoms with Crippen LogP contribution in [0.1, 0.15) is 48.5 Å². The quantitative estimate of drug-likeness (QED) is 0.691. The molecule has 32 heavy (non-hydrogen) atoms. The Hall–Kier alpha value is -3.35. The first kappa shape index (κ1) is 21.9. The van der Waals surface area contributed by atoms with Crippen LogP contribution in [-0.4, -0.2) is 48.5 Å². The maximum absolute atomic E-state index is 13.2. The lowest BCUT2D eigenvalue weighted by molar-refractivity contribution is -0.121. The highest BCUT2D eigenvalue weighted by atomic mass is 16.5. The number of fused-ring (bicyclic) bond motifs is 3. The second-order valence-corrected chi connectivity index (χ2v) is 8.47. The molecule has 1 atom stereocenters. The van der Waals surface area contributed by atoms with Crippen molar-refractivity contribution < 1.29 is 19.1 Å². The van der Waals surface area contributed by atoms with Crippen LogP contribution in [0.25, 0.3) is 0 Å². The Kier molecular flexibility index (Phi) is 6.17. The van der Waals surface area contributed by atoms with Gasteiger partial charge in [0.05, 0.1) is 18.4 Å². The zero-order valence-corrected chi connectivity index (χ0v) is 18.6. The van der Waals surface area contributed by atoms with Crippen LogP contribution in [0.3, 0.4) is 0 Å². The minimum absolute atomic E-state index is 0.0344. The van der Waals surface area contributed by atoms with Crippen molar-refractivity contribution in [2.75, 3.05) is 25.1 Å². The van der Waals surface area contributed by atoms with E-state index in [1.165, 1.54) is 0 Å². The Morgan fingerprint density at radius 1 is 1.12 bits per heavy atom. The third-order valence-electron chi connectivity index (χ3n) is 6.43. The molecule has 0 aliphatic carbocycles. The number of methoxy groups -OCH3 is 1. The van der Waals surface area contributed by atoms with Crippen molar-refractivity contribution in [1.29, 1.82) is 0 Å². The van der Waals surface area contributed by atoms with Crippen LogP contribution in [-0.2, 0) is 16.0 Å². The first-order chi connectivity index (χ1) is 15.4. The fraction of sp³-hybridized carbons (Fsp3) is 0.400. The molecule has 3 amide bonds. The third kappa shape index (κ3) is 4.07. The van der Waals surface area contributed by atoms with Gasteiger partial charge in [0, 0.05) is 25.9 Å². The van der Waals surface area contributed by atoms with Crippen molar-refractivity contribution in [1.82, 2.24) is 10.2 Å². The smallest absolute Gasteiger partial charge is 0.257 e. The number of carbonyl (C=O) groups excluding carboxylic acids is 3. The van der Waals surface area contributed by atoms with Crippen LogP contribution in [0.4, 0.5) is 5.69 Å². The number of hydrogen-bond donors (Lipinski definition) is 1. The summed E-state index contributed by atoms with van der Waals surface area (Å²) in [6.07, 6.45) is 2.63. The predicted molar refractivity (Wildman–Crippen MR) is 122 cm³/mol. The lowest BCUT2D eigenvalue weighted by atomic mass is 9.98. The predicted octanol–water partition coefficient (Wildman–Crippen LogP) is 3.13. The van der Waals surface area contributed by atoms with Crippen molar-refractivity contribution in [3.63, 3.8) is 0 Å². The van der Waals surface area contributed by atoms with E-state index >= 15 is 0 Å². The van der Waals surface area contributed by atoms with E-state index in [9.17, 15) is 14.4 Å². The molecule has 0 spiro atoms. The Morgan fingerprint density at radius 2 is 1.88 bits per heavy atom. The van der Waals surface area contributed by atoms with Gasteiger partial charge in [-0.1, -0.05) is 24.3 Å². The van der Waals surface area contributed by atoms with Gasteiger partial charge >= 0.3 is 0 Å². The first-order valence-corrected chi connectivity index (χ1v) is 11.1. The number of benzene rings is 2. The van der Waals surface area contributed by atoms with Crippen molar-refractivity contribution in [2.24, 2.45) is 0 Å². The summed E-state index contributed by atoms with van der Waals surface area (Å²) >= 11 is 0. The van der Waals surface area contributed by atoms with Gasteiger partial charge in [-0.2, -0.15) is 0 Å². The summed E-state index contributed by atoms with van der Waals surface area (Å²) in [5.74, 6) is 0.736. The molecule has 7 nitrogen and oxygen atoms in total. The fourth-order valence-corrected chi connectivity index (χ4v) is 4.67. The summed E-state index contributed by atoms with van der Waals surface area (Å²) in [5, 5.41) is 2.95. The molecule has 0 aromatic heterocycles. The summed E-state index contributed by atoms with van der Waals surface area (Å²) in [4.78, 5) is 41.6. The van der Waals surface area contributed by atoms with Gasteiger partial charge in [-0.15, -0.1) is 0 Å². The molecule has 1 unspecified atom stereocenters. The molecular formula is C25H29N3O4. The van der Waals surface area contributed by atoms with Crippen LogP contribution in [0.5, 0.6) is 5.75 Å². The third-order valence-corrected chi connectivity index (χ3v) is 6.43. The fourth-order valence-electron chi connectivity index (χ4n) is 4.67. The molecule has 2 aromatic rings. The lowest BCUT2D eigenvalue weighted by Gasteiger charge is -2.48. The largest absolute Gasteiger partial charge is 0.497 e. The monoisotopic (exact) mass is 435 g/mol. The van der Waals surface area contributed by atoms with Crippen LogP contribution in [0, 0.1) is 0 Å². The number of anilines is 1. The van der Waals surface area contributed by atoms with Crippen LogP contribution in [0.2, 0.25) is 0 Å². The number of carbonyl (C=O) groups is 3. The van der Waals surface area contributed by atoms with Gasteiger partial charge in [0.2, 0.25) is 11.8 Å². The van der Waals surface area contributed by atoms with E-state index in [2.05, 4.69) is 5.32 Å². The van der Waals surface area contributed by atoms with Gasteiger partial charge < -0.3 is 15.0 Å². The summed E-state index contributed by atoms with van der Waals surface area (Å²) in [6.45, 7) is 2.93. The zero-order valence-electron chi connectivity index (χ0n) is 18.6. The topological polar surface area (TPSA) is 79.0 Å². The molecule has 2 aromatic carbocycles. The van der Waals surface area contributed by atoms with E-state index in [-0.39, 0.29) is 17.7 Å². The summed E-state index contributed by atoms with van der Waals surface area (Å²) in [6, 6.07) is 15.0. The van der Waals surface area contributed by atoms with E-state index in [4.69, 9.17) is 4.74 Å². The van der Waals surface area contributed by atoms with Gasteiger partial charge in [0.25, 0.3) is 5.91 Å². The van der Waals surface area contributed by atoms with Gasteiger partial charge in [-0.05, 0) is 56.0 Å². The van der Waals surface area contributed by atoms with Crippen LogP contribution < -0.4 is 15.0 Å². The summed E-state index contributed by atoms with van der Waals surface area (Å²) in [5.41, 5.74) is 1.69. The number of amides is 3. The highest BCUT2D eigenvalue weighted by molar-refractivity contribution is 6.10. The molecule has 2 aliphatic heterocycles. The SMILES string of the molecule is COc1ccc(CCNC(=O)CCCN2C(=O)c3ccccc3N3C(=O)CCC23C)cc1. The van der Waals surface area contributed by atoms with E-state index < -0.39 is 5.66 Å². The van der Waals surface area contributed by atoms with Crippen molar-refractivity contribution in [3.8, 4) is 5.75 Å². The number of nitrogens with one attached hydrogen (secondary N) is 1. The molecule has 4 rings (SSSR count). The molecule has 168 valence electrons. The average molecular weight is 436 g/mol. The molecule has 2 aliphatic rings. The maximum Gasteiger partial charge on any atom is 0.257 e. The van der Waals surface area contributed by atoms with Crippen LogP contribution in [0.15, 0.2) is 48.5 Å². The number of nitrogens with zero attached hydrogens (tertiary/aromatic N) is 2. The van der Waals surface area contributed by atoms with Crippen molar-refractivity contribution in [3.05, 3.63) is 59.7 Å². The highest BCUT2D eigenvalue weighted by Gasteiger charge is 2.52. The summed E-state index contributed by atoms with van der Waals surface area (Å²) < 4.78 is 5.15. The minimum atomic E-state index is -0.673. The molecule has 0 saturated carbocycles. The van der Waals surface area contributed by atoms with E-state index in [0.717, 1.165) is 17.7 Å². The molecule has 1 N–H and O–H groups in total. The molecule has 7 heteroatoms. The van der Waals surface area contributed by atoms with E-state index in [1.807, 2.05) is 49.4 Å². The van der Waals surface area contributed by atoms with Gasteiger partial charge in [-0.3, -0.25) is 19.3 Å². The van der Waals surface area contributed by atoms with Gasteiger partial charge in [0.1, 0.15) is 11.4 Å². The molecular weight excluding hydrogens is 406 g/mol. The van der Waals surface area contributed by atoms with E-state index in [0.29, 0.717) is 50.0 Å².